The Morgan fingerprint density at radius 3 is 3.06 bits per heavy atom. The summed E-state index contributed by atoms with van der Waals surface area (Å²) in [5.41, 5.74) is 2.89. The van der Waals surface area contributed by atoms with Crippen LogP contribution < -0.4 is 0 Å². The van der Waals surface area contributed by atoms with Crippen molar-refractivity contribution >= 4 is 16.8 Å². The van der Waals surface area contributed by atoms with E-state index in [2.05, 4.69) is 21.9 Å². The number of halogens is 1. The summed E-state index contributed by atoms with van der Waals surface area (Å²) >= 11 is 6.34. The zero-order chi connectivity index (χ0) is 12.5. The van der Waals surface area contributed by atoms with E-state index < -0.39 is 0 Å². The normalized spacial score (nSPS) is 29.6. The number of allylic oxidation sites excluding steroid dienone is 1. The van der Waals surface area contributed by atoms with Crippen molar-refractivity contribution in [2.75, 3.05) is 26.2 Å². The van der Waals surface area contributed by atoms with Gasteiger partial charge in [-0.15, -0.1) is 0 Å². The van der Waals surface area contributed by atoms with Crippen molar-refractivity contribution in [2.45, 2.75) is 45.1 Å². The highest BCUT2D eigenvalue weighted by Crippen LogP contribution is 2.33. The van der Waals surface area contributed by atoms with Crippen molar-refractivity contribution in [3.05, 3.63) is 11.1 Å². The summed E-state index contributed by atoms with van der Waals surface area (Å²) in [6, 6.07) is 0.557. The zero-order valence-corrected chi connectivity index (χ0v) is 11.9. The topological polar surface area (TPSA) is 18.8 Å². The molecular weight excluding hydrogens is 246 g/mol. The molecule has 3 aliphatic rings. The van der Waals surface area contributed by atoms with Crippen molar-refractivity contribution < 1.29 is 0 Å². The van der Waals surface area contributed by atoms with Crippen molar-refractivity contribution in [1.29, 1.82) is 0 Å². The van der Waals surface area contributed by atoms with Gasteiger partial charge in [0.2, 0.25) is 0 Å². The first kappa shape index (κ1) is 12.5. The summed E-state index contributed by atoms with van der Waals surface area (Å²) in [6.45, 7) is 6.80. The van der Waals surface area contributed by atoms with Gasteiger partial charge in [0.15, 0.2) is 5.17 Å². The van der Waals surface area contributed by atoms with E-state index in [4.69, 9.17) is 11.6 Å². The molecule has 1 unspecified atom stereocenters. The Morgan fingerprint density at radius 2 is 2.22 bits per heavy atom. The standard InChI is InChI=1S/C14H22ClN3/c1-2-17-8-4-6-12(10-17)18-9-11-5-3-7-13(11)14(15)16-18/h12H,2-10H2,1H3. The molecule has 100 valence electrons. The van der Waals surface area contributed by atoms with Gasteiger partial charge in [0.1, 0.15) is 0 Å². The minimum atomic E-state index is 0.557. The van der Waals surface area contributed by atoms with E-state index >= 15 is 0 Å². The van der Waals surface area contributed by atoms with Crippen molar-refractivity contribution in [2.24, 2.45) is 5.10 Å². The number of piperidine rings is 1. The van der Waals surface area contributed by atoms with E-state index in [9.17, 15) is 0 Å². The molecule has 2 heterocycles. The lowest BCUT2D eigenvalue weighted by Crippen LogP contribution is -2.47. The quantitative estimate of drug-likeness (QED) is 0.766. The van der Waals surface area contributed by atoms with Crippen LogP contribution in [0.25, 0.3) is 0 Å². The van der Waals surface area contributed by atoms with Crippen LogP contribution in [0.15, 0.2) is 16.2 Å². The minimum absolute atomic E-state index is 0.557. The third-order valence-electron chi connectivity index (χ3n) is 4.50. The molecule has 2 aliphatic heterocycles. The Morgan fingerprint density at radius 1 is 1.33 bits per heavy atom. The number of likely N-dealkylation sites (tertiary alicyclic amines) is 1. The van der Waals surface area contributed by atoms with Gasteiger partial charge in [-0.3, -0.25) is 5.01 Å². The van der Waals surface area contributed by atoms with E-state index in [1.54, 1.807) is 5.57 Å². The predicted molar refractivity (Wildman–Crippen MR) is 76.0 cm³/mol. The maximum atomic E-state index is 6.34. The van der Waals surface area contributed by atoms with Crippen molar-refractivity contribution in [3.63, 3.8) is 0 Å². The third kappa shape index (κ3) is 2.30. The van der Waals surface area contributed by atoms with Gasteiger partial charge in [0.25, 0.3) is 0 Å². The first-order chi connectivity index (χ1) is 8.78. The largest absolute Gasteiger partial charge is 0.302 e. The minimum Gasteiger partial charge on any atom is -0.302 e. The molecule has 1 saturated heterocycles. The average molecular weight is 268 g/mol. The smallest absolute Gasteiger partial charge is 0.152 e. The molecule has 0 aromatic rings. The molecule has 1 atom stereocenters. The molecule has 0 amide bonds. The van der Waals surface area contributed by atoms with E-state index in [0.29, 0.717) is 6.04 Å². The lowest BCUT2D eigenvalue weighted by Gasteiger charge is -2.39. The third-order valence-corrected chi connectivity index (χ3v) is 4.80. The lowest BCUT2D eigenvalue weighted by atomic mass is 10.0. The van der Waals surface area contributed by atoms with Crippen LogP contribution in [0.4, 0.5) is 0 Å². The molecule has 0 aromatic heterocycles. The second kappa shape index (κ2) is 5.22. The lowest BCUT2D eigenvalue weighted by molar-refractivity contribution is 0.109. The second-order valence-corrected chi connectivity index (χ2v) is 5.97. The molecule has 3 rings (SSSR count). The van der Waals surface area contributed by atoms with Crippen LogP contribution in [-0.4, -0.2) is 47.3 Å². The van der Waals surface area contributed by atoms with Crippen LogP contribution in [0, 0.1) is 0 Å². The van der Waals surface area contributed by atoms with Crippen LogP contribution >= 0.6 is 11.6 Å². The zero-order valence-electron chi connectivity index (χ0n) is 11.2. The molecule has 1 aliphatic carbocycles. The summed E-state index contributed by atoms with van der Waals surface area (Å²) in [5.74, 6) is 0. The van der Waals surface area contributed by atoms with Gasteiger partial charge >= 0.3 is 0 Å². The Balaban J connectivity index is 1.71. The average Bonchev–Trinajstić information content (AvgIpc) is 2.87. The number of hydrogen-bond donors (Lipinski definition) is 0. The Kier molecular flexibility index (Phi) is 3.62. The summed E-state index contributed by atoms with van der Waals surface area (Å²) in [7, 11) is 0. The number of nitrogens with zero attached hydrogens (tertiary/aromatic N) is 3. The summed E-state index contributed by atoms with van der Waals surface area (Å²) in [5, 5.41) is 7.67. The molecule has 0 N–H and O–H groups in total. The highest BCUT2D eigenvalue weighted by Gasteiger charge is 2.30. The predicted octanol–water partition coefficient (Wildman–Crippen LogP) is 2.82. The highest BCUT2D eigenvalue weighted by molar-refractivity contribution is 6.69. The second-order valence-electron chi connectivity index (χ2n) is 5.61. The molecule has 3 nitrogen and oxygen atoms in total. The first-order valence-corrected chi connectivity index (χ1v) is 7.60. The van der Waals surface area contributed by atoms with Gasteiger partial charge < -0.3 is 4.90 Å². The molecule has 1 fully saturated rings. The van der Waals surface area contributed by atoms with E-state index in [-0.39, 0.29) is 0 Å². The molecule has 18 heavy (non-hydrogen) atoms. The molecule has 0 bridgehead atoms. The van der Waals surface area contributed by atoms with Gasteiger partial charge in [-0.05, 0) is 56.3 Å². The van der Waals surface area contributed by atoms with Crippen LogP contribution in [0.1, 0.15) is 39.0 Å². The molecule has 0 radical (unpaired) electrons. The van der Waals surface area contributed by atoms with Crippen molar-refractivity contribution in [1.82, 2.24) is 9.91 Å². The highest BCUT2D eigenvalue weighted by atomic mass is 35.5. The van der Waals surface area contributed by atoms with E-state index in [0.717, 1.165) is 31.2 Å². The molecule has 4 heteroatoms. The molecule has 0 saturated carbocycles. The van der Waals surface area contributed by atoms with Crippen LogP contribution in [-0.2, 0) is 0 Å². The molecular formula is C14H22ClN3. The van der Waals surface area contributed by atoms with Crippen LogP contribution in [0.3, 0.4) is 0 Å². The molecule has 0 aromatic carbocycles. The fraction of sp³-hybridized carbons (Fsp3) is 0.786. The Labute approximate surface area is 114 Å². The Bertz CT molecular complexity index is 389. The number of rotatable bonds is 2. The fourth-order valence-corrected chi connectivity index (χ4v) is 3.73. The fourth-order valence-electron chi connectivity index (χ4n) is 3.41. The van der Waals surface area contributed by atoms with Gasteiger partial charge in [-0.1, -0.05) is 18.5 Å². The summed E-state index contributed by atoms with van der Waals surface area (Å²) in [4.78, 5) is 2.52. The monoisotopic (exact) mass is 267 g/mol. The van der Waals surface area contributed by atoms with Gasteiger partial charge in [0.05, 0.1) is 12.6 Å². The van der Waals surface area contributed by atoms with Gasteiger partial charge in [0, 0.05) is 6.54 Å². The first-order valence-electron chi connectivity index (χ1n) is 7.22. The van der Waals surface area contributed by atoms with Crippen LogP contribution in [0.5, 0.6) is 0 Å². The maximum Gasteiger partial charge on any atom is 0.152 e. The summed E-state index contributed by atoms with van der Waals surface area (Å²) in [6.07, 6.45) is 6.16. The van der Waals surface area contributed by atoms with Gasteiger partial charge in [-0.25, -0.2) is 0 Å². The maximum absolute atomic E-state index is 6.34. The van der Waals surface area contributed by atoms with Crippen molar-refractivity contribution in [3.8, 4) is 0 Å². The van der Waals surface area contributed by atoms with Gasteiger partial charge in [-0.2, -0.15) is 5.10 Å². The number of hydrogen-bond acceptors (Lipinski definition) is 3. The summed E-state index contributed by atoms with van der Waals surface area (Å²) < 4.78 is 0. The van der Waals surface area contributed by atoms with E-state index in [1.807, 2.05) is 0 Å². The van der Waals surface area contributed by atoms with E-state index in [1.165, 1.54) is 37.8 Å². The van der Waals surface area contributed by atoms with Crippen LogP contribution in [0.2, 0.25) is 0 Å². The number of hydrazone groups is 1. The molecule has 0 spiro atoms. The number of likely N-dealkylation sites (N-methyl/N-ethyl adjacent to an activating group) is 1. The SMILES string of the molecule is CCN1CCCC(N2CC3=C(CCC3)C(Cl)=N2)C1. The Hall–Kier alpha value is -0.540.